The molecule has 0 aliphatic rings. The zero-order valence-electron chi connectivity index (χ0n) is 9.63. The largest absolute Gasteiger partial charge is 0.387 e. The zero-order valence-corrected chi connectivity index (χ0v) is 10.4. The Balaban J connectivity index is 2.60. The third kappa shape index (κ3) is 2.45. The zero-order chi connectivity index (χ0) is 14.2. The van der Waals surface area contributed by atoms with Crippen LogP contribution in [0, 0.1) is 21.7 Å². The van der Waals surface area contributed by atoms with Crippen LogP contribution < -0.4 is 0 Å². The van der Waals surface area contributed by atoms with Crippen molar-refractivity contribution in [2.75, 3.05) is 0 Å². The quantitative estimate of drug-likeness (QED) is 0.695. The number of hydrogen-bond donors (Lipinski definition) is 1. The number of nitro groups is 1. The van der Waals surface area contributed by atoms with E-state index in [1.807, 2.05) is 0 Å². The van der Waals surface area contributed by atoms with E-state index in [0.29, 0.717) is 0 Å². The molecule has 100 valence electrons. The number of aromatic nitrogens is 1. The third-order valence-corrected chi connectivity index (χ3v) is 3.31. The number of benzene rings is 1. The minimum absolute atomic E-state index is 0.0467. The first-order valence-electron chi connectivity index (χ1n) is 5.18. The van der Waals surface area contributed by atoms with Crippen LogP contribution in [0.5, 0.6) is 0 Å². The van der Waals surface area contributed by atoms with Gasteiger partial charge in [0.05, 0.1) is 22.3 Å². The maximum atomic E-state index is 13.9. The second-order valence-electron chi connectivity index (χ2n) is 3.77. The molecule has 0 spiro atoms. The molecule has 1 aromatic heterocycles. The summed E-state index contributed by atoms with van der Waals surface area (Å²) in [6, 6.07) is 1.58. The molecular weight excluding hydrogens is 278 g/mol. The van der Waals surface area contributed by atoms with Crippen LogP contribution in [-0.4, -0.2) is 15.0 Å². The van der Waals surface area contributed by atoms with Crippen molar-refractivity contribution in [3.05, 3.63) is 45.0 Å². The van der Waals surface area contributed by atoms with Gasteiger partial charge in [-0.3, -0.25) is 10.1 Å². The SMILES string of the molecule is CC(O)c1csc(-c2c(F)ccc([N+](=O)[O-])c2F)n1. The van der Waals surface area contributed by atoms with Crippen LogP contribution in [0.4, 0.5) is 14.5 Å². The second-order valence-corrected chi connectivity index (χ2v) is 4.62. The summed E-state index contributed by atoms with van der Waals surface area (Å²) < 4.78 is 27.5. The number of aliphatic hydroxyl groups excluding tert-OH is 1. The highest BCUT2D eigenvalue weighted by molar-refractivity contribution is 7.13. The van der Waals surface area contributed by atoms with Gasteiger partial charge < -0.3 is 5.11 Å². The Kier molecular flexibility index (Phi) is 3.54. The van der Waals surface area contributed by atoms with Crippen LogP contribution in [0.3, 0.4) is 0 Å². The van der Waals surface area contributed by atoms with Crippen molar-refractivity contribution in [3.63, 3.8) is 0 Å². The predicted molar refractivity (Wildman–Crippen MR) is 64.8 cm³/mol. The molecule has 0 fully saturated rings. The maximum Gasteiger partial charge on any atom is 0.305 e. The first kappa shape index (κ1) is 13.5. The van der Waals surface area contributed by atoms with E-state index in [2.05, 4.69) is 4.98 Å². The molecule has 8 heteroatoms. The Morgan fingerprint density at radius 3 is 2.68 bits per heavy atom. The average Bonchev–Trinajstić information content (AvgIpc) is 2.78. The second kappa shape index (κ2) is 4.98. The van der Waals surface area contributed by atoms with Crippen molar-refractivity contribution < 1.29 is 18.8 Å². The Hall–Kier alpha value is -1.93. The van der Waals surface area contributed by atoms with Gasteiger partial charge in [0.2, 0.25) is 5.82 Å². The molecule has 0 aliphatic carbocycles. The fourth-order valence-electron chi connectivity index (χ4n) is 1.47. The van der Waals surface area contributed by atoms with Crippen molar-refractivity contribution in [2.45, 2.75) is 13.0 Å². The van der Waals surface area contributed by atoms with Crippen LogP contribution in [-0.2, 0) is 0 Å². The summed E-state index contributed by atoms with van der Waals surface area (Å²) in [6.45, 7) is 1.46. The molecule has 0 saturated heterocycles. The number of hydrogen-bond acceptors (Lipinski definition) is 5. The lowest BCUT2D eigenvalue weighted by atomic mass is 10.2. The van der Waals surface area contributed by atoms with Gasteiger partial charge in [0.25, 0.3) is 0 Å². The molecule has 2 aromatic rings. The van der Waals surface area contributed by atoms with Gasteiger partial charge in [-0.15, -0.1) is 11.3 Å². The normalized spacial score (nSPS) is 12.4. The van der Waals surface area contributed by atoms with Crippen LogP contribution >= 0.6 is 11.3 Å². The first-order valence-corrected chi connectivity index (χ1v) is 6.06. The van der Waals surface area contributed by atoms with Gasteiger partial charge in [0.1, 0.15) is 10.8 Å². The predicted octanol–water partition coefficient (Wildman–Crippen LogP) is 3.05. The van der Waals surface area contributed by atoms with Gasteiger partial charge in [-0.25, -0.2) is 9.37 Å². The number of nitro benzene ring substituents is 1. The monoisotopic (exact) mass is 286 g/mol. The lowest BCUT2D eigenvalue weighted by Gasteiger charge is -2.02. The highest BCUT2D eigenvalue weighted by atomic mass is 32.1. The van der Waals surface area contributed by atoms with Gasteiger partial charge in [-0.1, -0.05) is 0 Å². The fraction of sp³-hybridized carbons (Fsp3) is 0.182. The van der Waals surface area contributed by atoms with Gasteiger partial charge in [-0.05, 0) is 13.0 Å². The lowest BCUT2D eigenvalue weighted by Crippen LogP contribution is -1.98. The summed E-state index contributed by atoms with van der Waals surface area (Å²) in [5.41, 5.74) is -1.11. The van der Waals surface area contributed by atoms with Gasteiger partial charge in [0, 0.05) is 11.4 Å². The van der Waals surface area contributed by atoms with Crippen molar-refractivity contribution in [1.82, 2.24) is 4.98 Å². The van der Waals surface area contributed by atoms with Crippen molar-refractivity contribution in [1.29, 1.82) is 0 Å². The lowest BCUT2D eigenvalue weighted by molar-refractivity contribution is -0.387. The molecule has 5 nitrogen and oxygen atoms in total. The number of thiazole rings is 1. The Morgan fingerprint density at radius 2 is 2.16 bits per heavy atom. The van der Waals surface area contributed by atoms with E-state index in [4.69, 9.17) is 0 Å². The van der Waals surface area contributed by atoms with Crippen LogP contribution in [0.2, 0.25) is 0 Å². The Labute approximate surface area is 110 Å². The summed E-state index contributed by atoms with van der Waals surface area (Å²) in [5.74, 6) is -2.20. The van der Waals surface area contributed by atoms with Crippen LogP contribution in [0.15, 0.2) is 17.5 Å². The summed E-state index contributed by atoms with van der Waals surface area (Å²) in [7, 11) is 0. The van der Waals surface area contributed by atoms with E-state index in [-0.39, 0.29) is 10.7 Å². The van der Waals surface area contributed by atoms with E-state index in [0.717, 1.165) is 23.5 Å². The van der Waals surface area contributed by atoms with E-state index in [1.54, 1.807) is 0 Å². The van der Waals surface area contributed by atoms with Crippen LogP contribution in [0.1, 0.15) is 18.7 Å². The van der Waals surface area contributed by atoms with Crippen LogP contribution in [0.25, 0.3) is 10.6 Å². The van der Waals surface area contributed by atoms with Crippen molar-refractivity contribution in [3.8, 4) is 10.6 Å². The number of halogens is 2. The molecule has 1 heterocycles. The number of aliphatic hydroxyl groups is 1. The van der Waals surface area contributed by atoms with E-state index >= 15 is 0 Å². The molecule has 1 N–H and O–H groups in total. The van der Waals surface area contributed by atoms with Crippen molar-refractivity contribution >= 4 is 17.0 Å². The van der Waals surface area contributed by atoms with Gasteiger partial charge in [-0.2, -0.15) is 4.39 Å². The van der Waals surface area contributed by atoms with Crippen molar-refractivity contribution in [2.24, 2.45) is 0 Å². The molecule has 1 atom stereocenters. The highest BCUT2D eigenvalue weighted by Gasteiger charge is 2.24. The third-order valence-electron chi connectivity index (χ3n) is 2.43. The molecule has 0 saturated carbocycles. The summed E-state index contributed by atoms with van der Waals surface area (Å²) in [4.78, 5) is 13.6. The van der Waals surface area contributed by atoms with Gasteiger partial charge >= 0.3 is 5.69 Å². The molecule has 0 amide bonds. The molecule has 1 unspecified atom stereocenters. The smallest absolute Gasteiger partial charge is 0.305 e. The molecule has 0 radical (unpaired) electrons. The minimum Gasteiger partial charge on any atom is -0.387 e. The minimum atomic E-state index is -1.27. The van der Waals surface area contributed by atoms with E-state index in [9.17, 15) is 24.0 Å². The number of rotatable bonds is 3. The molecule has 1 aromatic carbocycles. The Morgan fingerprint density at radius 1 is 1.47 bits per heavy atom. The van der Waals surface area contributed by atoms with E-state index < -0.39 is 33.9 Å². The Bertz CT molecular complexity index is 643. The topological polar surface area (TPSA) is 76.3 Å². The fourth-order valence-corrected chi connectivity index (χ4v) is 2.42. The molecule has 0 bridgehead atoms. The average molecular weight is 286 g/mol. The molecule has 19 heavy (non-hydrogen) atoms. The highest BCUT2D eigenvalue weighted by Crippen LogP contribution is 2.34. The molecule has 0 aliphatic heterocycles. The maximum absolute atomic E-state index is 13.9. The van der Waals surface area contributed by atoms with E-state index in [1.165, 1.54) is 12.3 Å². The number of nitrogens with zero attached hydrogens (tertiary/aromatic N) is 2. The summed E-state index contributed by atoms with van der Waals surface area (Å²) in [6.07, 6.45) is -0.880. The standard InChI is InChI=1S/C11H8F2N2O3S/c1-5(16)7-4-19-11(14-7)9-6(12)2-3-8(10(9)13)15(17)18/h2-5,16H,1H3. The van der Waals surface area contributed by atoms with Gasteiger partial charge in [0.15, 0.2) is 0 Å². The molecular formula is C11H8F2N2O3S. The summed E-state index contributed by atoms with van der Waals surface area (Å²) in [5, 5.41) is 21.3. The summed E-state index contributed by atoms with van der Waals surface area (Å²) >= 11 is 0.906. The molecule has 2 rings (SSSR count). The first-order chi connectivity index (χ1) is 8.91.